The van der Waals surface area contributed by atoms with E-state index in [1.54, 1.807) is 12.1 Å². The fourth-order valence-corrected chi connectivity index (χ4v) is 2.34. The number of likely N-dealkylation sites (tertiary alicyclic amines) is 1. The van der Waals surface area contributed by atoms with E-state index >= 15 is 0 Å². The Morgan fingerprint density at radius 1 is 1.40 bits per heavy atom. The summed E-state index contributed by atoms with van der Waals surface area (Å²) in [6.45, 7) is 1.93. The minimum absolute atomic E-state index is 0.114. The number of hydrogen-bond acceptors (Lipinski definition) is 3. The molecule has 0 aliphatic carbocycles. The Kier molecular flexibility index (Phi) is 5.35. The zero-order valence-electron chi connectivity index (χ0n) is 11.6. The number of halogens is 1. The van der Waals surface area contributed by atoms with E-state index in [1.165, 1.54) is 12.1 Å². The monoisotopic (exact) mass is 280 g/mol. The Balaban J connectivity index is 1.65. The molecule has 1 aliphatic rings. The number of nitrogens with two attached hydrogens (primary N) is 1. The van der Waals surface area contributed by atoms with Crippen molar-refractivity contribution in [3.8, 4) is 5.75 Å². The summed E-state index contributed by atoms with van der Waals surface area (Å²) in [5.74, 6) is 0.482. The quantitative estimate of drug-likeness (QED) is 0.839. The number of carbonyl (C=O) groups is 1. The number of hydrogen-bond donors (Lipinski definition) is 1. The summed E-state index contributed by atoms with van der Waals surface area (Å²) in [5, 5.41) is 0. The smallest absolute Gasteiger partial charge is 0.222 e. The normalized spacial score (nSPS) is 18.9. The molecule has 4 nitrogen and oxygen atoms in total. The summed E-state index contributed by atoms with van der Waals surface area (Å²) < 4.78 is 18.2. The molecule has 2 rings (SSSR count). The highest BCUT2D eigenvalue weighted by molar-refractivity contribution is 5.76. The fraction of sp³-hybridized carbons (Fsp3) is 0.533. The molecular weight excluding hydrogens is 259 g/mol. The van der Waals surface area contributed by atoms with Gasteiger partial charge < -0.3 is 15.4 Å². The predicted octanol–water partition coefficient (Wildman–Crippen LogP) is 1.93. The lowest BCUT2D eigenvalue weighted by molar-refractivity contribution is -0.132. The molecule has 20 heavy (non-hydrogen) atoms. The van der Waals surface area contributed by atoms with E-state index < -0.39 is 0 Å². The molecule has 1 heterocycles. The minimum Gasteiger partial charge on any atom is -0.494 e. The van der Waals surface area contributed by atoms with Gasteiger partial charge in [0.25, 0.3) is 0 Å². The summed E-state index contributed by atoms with van der Waals surface area (Å²) in [6.07, 6.45) is 3.10. The molecule has 0 spiro atoms. The molecule has 0 unspecified atom stereocenters. The van der Waals surface area contributed by atoms with E-state index in [-0.39, 0.29) is 17.8 Å². The van der Waals surface area contributed by atoms with Crippen LogP contribution >= 0.6 is 0 Å². The van der Waals surface area contributed by atoms with E-state index in [9.17, 15) is 9.18 Å². The Morgan fingerprint density at radius 3 is 2.85 bits per heavy atom. The van der Waals surface area contributed by atoms with Crippen molar-refractivity contribution < 1.29 is 13.9 Å². The molecule has 0 radical (unpaired) electrons. The van der Waals surface area contributed by atoms with Gasteiger partial charge in [0.2, 0.25) is 5.91 Å². The third-order valence-corrected chi connectivity index (χ3v) is 3.43. The van der Waals surface area contributed by atoms with Gasteiger partial charge in [-0.05, 0) is 43.5 Å². The van der Waals surface area contributed by atoms with Crippen molar-refractivity contribution >= 4 is 5.91 Å². The van der Waals surface area contributed by atoms with Crippen LogP contribution in [0.25, 0.3) is 0 Å². The zero-order valence-corrected chi connectivity index (χ0v) is 11.6. The van der Waals surface area contributed by atoms with E-state index in [0.29, 0.717) is 31.7 Å². The summed E-state index contributed by atoms with van der Waals surface area (Å²) in [5.41, 5.74) is 5.86. The van der Waals surface area contributed by atoms with Gasteiger partial charge in [0.1, 0.15) is 11.6 Å². The standard InChI is InChI=1S/C15H21FN2O2/c16-12-5-7-14(8-6-12)20-10-2-4-15(19)18-9-1-3-13(17)11-18/h5-8,13H,1-4,9-11,17H2/t13-/m0/s1. The van der Waals surface area contributed by atoms with Gasteiger partial charge >= 0.3 is 0 Å². The lowest BCUT2D eigenvalue weighted by Crippen LogP contribution is -2.45. The number of ether oxygens (including phenoxy) is 1. The van der Waals surface area contributed by atoms with Crippen molar-refractivity contribution in [3.05, 3.63) is 30.1 Å². The molecule has 1 saturated heterocycles. The van der Waals surface area contributed by atoms with E-state index in [4.69, 9.17) is 10.5 Å². The molecule has 0 aromatic heterocycles. The van der Waals surface area contributed by atoms with Crippen LogP contribution in [0.1, 0.15) is 25.7 Å². The lowest BCUT2D eigenvalue weighted by Gasteiger charge is -2.30. The van der Waals surface area contributed by atoms with Crippen LogP contribution in [0, 0.1) is 5.82 Å². The van der Waals surface area contributed by atoms with Crippen molar-refractivity contribution in [1.82, 2.24) is 4.90 Å². The van der Waals surface area contributed by atoms with Gasteiger partial charge in [-0.15, -0.1) is 0 Å². The van der Waals surface area contributed by atoms with Crippen LogP contribution in [0.15, 0.2) is 24.3 Å². The molecule has 1 aromatic carbocycles. The molecule has 110 valence electrons. The van der Waals surface area contributed by atoms with Crippen molar-refractivity contribution in [2.45, 2.75) is 31.7 Å². The molecule has 1 atom stereocenters. The third kappa shape index (κ3) is 4.49. The van der Waals surface area contributed by atoms with Gasteiger partial charge in [0, 0.05) is 25.6 Å². The number of piperidine rings is 1. The van der Waals surface area contributed by atoms with Gasteiger partial charge in [-0.1, -0.05) is 0 Å². The van der Waals surface area contributed by atoms with Crippen LogP contribution < -0.4 is 10.5 Å². The number of nitrogens with zero attached hydrogens (tertiary/aromatic N) is 1. The first kappa shape index (κ1) is 14.8. The summed E-state index contributed by atoms with van der Waals surface area (Å²) in [6, 6.07) is 6.00. The van der Waals surface area contributed by atoms with Crippen LogP contribution in [0.3, 0.4) is 0 Å². The second-order valence-electron chi connectivity index (χ2n) is 5.15. The highest BCUT2D eigenvalue weighted by Gasteiger charge is 2.20. The predicted molar refractivity (Wildman–Crippen MR) is 74.9 cm³/mol. The fourth-order valence-electron chi connectivity index (χ4n) is 2.34. The Hall–Kier alpha value is -1.62. The first-order valence-electron chi connectivity index (χ1n) is 7.07. The maximum absolute atomic E-state index is 12.7. The molecule has 1 amide bonds. The molecule has 0 saturated carbocycles. The SMILES string of the molecule is N[C@H]1CCCN(C(=O)CCCOc2ccc(F)cc2)C1. The maximum atomic E-state index is 12.7. The molecule has 2 N–H and O–H groups in total. The first-order valence-corrected chi connectivity index (χ1v) is 7.07. The van der Waals surface area contributed by atoms with Crippen LogP contribution in [0.5, 0.6) is 5.75 Å². The average molecular weight is 280 g/mol. The van der Waals surface area contributed by atoms with Crippen LogP contribution in [0.4, 0.5) is 4.39 Å². The second kappa shape index (κ2) is 7.24. The highest BCUT2D eigenvalue weighted by atomic mass is 19.1. The van der Waals surface area contributed by atoms with Crippen LogP contribution in [-0.2, 0) is 4.79 Å². The number of amides is 1. The second-order valence-corrected chi connectivity index (χ2v) is 5.15. The molecular formula is C15H21FN2O2. The zero-order chi connectivity index (χ0) is 14.4. The van der Waals surface area contributed by atoms with Crippen molar-refractivity contribution in [2.75, 3.05) is 19.7 Å². The van der Waals surface area contributed by atoms with Crippen molar-refractivity contribution in [1.29, 1.82) is 0 Å². The van der Waals surface area contributed by atoms with E-state index in [1.807, 2.05) is 4.90 Å². The summed E-state index contributed by atoms with van der Waals surface area (Å²) in [4.78, 5) is 13.8. The van der Waals surface area contributed by atoms with Gasteiger partial charge in [-0.3, -0.25) is 4.79 Å². The van der Waals surface area contributed by atoms with Crippen molar-refractivity contribution in [2.24, 2.45) is 5.73 Å². The maximum Gasteiger partial charge on any atom is 0.222 e. The Labute approximate surface area is 118 Å². The van der Waals surface area contributed by atoms with Crippen LogP contribution in [0.2, 0.25) is 0 Å². The van der Waals surface area contributed by atoms with Gasteiger partial charge in [-0.2, -0.15) is 0 Å². The third-order valence-electron chi connectivity index (χ3n) is 3.43. The highest BCUT2D eigenvalue weighted by Crippen LogP contribution is 2.13. The molecule has 1 aliphatic heterocycles. The first-order chi connectivity index (χ1) is 9.65. The number of benzene rings is 1. The summed E-state index contributed by atoms with van der Waals surface area (Å²) >= 11 is 0. The van der Waals surface area contributed by atoms with E-state index in [0.717, 1.165) is 19.4 Å². The number of rotatable bonds is 5. The molecule has 1 aromatic rings. The van der Waals surface area contributed by atoms with Gasteiger partial charge in [0.15, 0.2) is 0 Å². The Bertz CT molecular complexity index is 436. The van der Waals surface area contributed by atoms with Gasteiger partial charge in [-0.25, -0.2) is 4.39 Å². The minimum atomic E-state index is -0.283. The average Bonchev–Trinajstić information content (AvgIpc) is 2.45. The lowest BCUT2D eigenvalue weighted by atomic mass is 10.1. The number of carbonyl (C=O) groups excluding carboxylic acids is 1. The molecule has 5 heteroatoms. The van der Waals surface area contributed by atoms with Crippen molar-refractivity contribution in [3.63, 3.8) is 0 Å². The molecule has 0 bridgehead atoms. The van der Waals surface area contributed by atoms with Gasteiger partial charge in [0.05, 0.1) is 6.61 Å². The topological polar surface area (TPSA) is 55.6 Å². The summed E-state index contributed by atoms with van der Waals surface area (Å²) in [7, 11) is 0. The Morgan fingerprint density at radius 2 is 2.15 bits per heavy atom. The largest absolute Gasteiger partial charge is 0.494 e. The van der Waals surface area contributed by atoms with E-state index in [2.05, 4.69) is 0 Å². The van der Waals surface area contributed by atoms with Crippen LogP contribution in [-0.4, -0.2) is 36.5 Å². The molecule has 1 fully saturated rings.